The molecule has 2 rings (SSSR count). The molecule has 9 heteroatoms. The number of aryl methyl sites for hydroxylation is 1. The third-order valence-corrected chi connectivity index (χ3v) is 4.40. The number of carbonyl (C=O) groups excluding carboxylic acids is 2. The summed E-state index contributed by atoms with van der Waals surface area (Å²) in [5.74, 6) is 0.324. The number of carbonyl (C=O) groups is 2. The van der Waals surface area contributed by atoms with Crippen LogP contribution in [0.3, 0.4) is 0 Å². The molecule has 8 nitrogen and oxygen atoms in total. The highest BCUT2D eigenvalue weighted by atomic mass is 32.1. The molecule has 2 N–H and O–H groups in total. The first kappa shape index (κ1) is 19.8. The molecule has 0 saturated heterocycles. The van der Waals surface area contributed by atoms with Crippen molar-refractivity contribution in [2.45, 2.75) is 19.3 Å². The van der Waals surface area contributed by atoms with Crippen molar-refractivity contribution < 1.29 is 19.1 Å². The molecule has 2 amide bonds. The highest BCUT2D eigenvalue weighted by molar-refractivity contribution is 7.13. The van der Waals surface area contributed by atoms with Crippen molar-refractivity contribution >= 4 is 28.8 Å². The first-order valence-electron chi connectivity index (χ1n) is 8.16. The molecule has 0 aliphatic heterocycles. The number of hydrogen-bond donors (Lipinski definition) is 2. The Balaban J connectivity index is 1.78. The molecule has 0 bridgehead atoms. The molecule has 0 unspecified atom stereocenters. The number of anilines is 1. The molecular weight excluding hydrogens is 356 g/mol. The molecule has 26 heavy (non-hydrogen) atoms. The lowest BCUT2D eigenvalue weighted by atomic mass is 10.3. The van der Waals surface area contributed by atoms with E-state index in [1.165, 1.54) is 11.3 Å². The van der Waals surface area contributed by atoms with Crippen LogP contribution in [0.4, 0.5) is 5.69 Å². The molecule has 0 aliphatic rings. The maximum atomic E-state index is 12.2. The van der Waals surface area contributed by atoms with Crippen LogP contribution in [0.5, 0.6) is 5.75 Å². The normalized spacial score (nSPS) is 10.4. The number of aromatic nitrogens is 2. The van der Waals surface area contributed by atoms with Gasteiger partial charge in [-0.15, -0.1) is 10.2 Å². The minimum atomic E-state index is -0.331. The molecule has 0 spiro atoms. The molecule has 0 aliphatic carbocycles. The average molecular weight is 378 g/mol. The van der Waals surface area contributed by atoms with Crippen molar-refractivity contribution in [1.29, 1.82) is 0 Å². The van der Waals surface area contributed by atoms with Crippen LogP contribution in [-0.4, -0.2) is 49.4 Å². The van der Waals surface area contributed by atoms with Gasteiger partial charge in [0.2, 0.25) is 10.9 Å². The van der Waals surface area contributed by atoms with Gasteiger partial charge in [0.15, 0.2) is 0 Å². The lowest BCUT2D eigenvalue weighted by molar-refractivity contribution is -0.121. The smallest absolute Gasteiger partial charge is 0.286 e. The minimum Gasteiger partial charge on any atom is -0.497 e. The predicted molar refractivity (Wildman–Crippen MR) is 98.7 cm³/mol. The highest BCUT2D eigenvalue weighted by Crippen LogP contribution is 2.17. The van der Waals surface area contributed by atoms with E-state index in [-0.39, 0.29) is 16.8 Å². The molecule has 1 aromatic carbocycles. The van der Waals surface area contributed by atoms with Crippen LogP contribution in [0.1, 0.15) is 27.7 Å². The molecule has 0 radical (unpaired) electrons. The summed E-state index contributed by atoms with van der Waals surface area (Å²) < 4.78 is 9.99. The van der Waals surface area contributed by atoms with Crippen molar-refractivity contribution in [2.75, 3.05) is 32.7 Å². The van der Waals surface area contributed by atoms with E-state index < -0.39 is 0 Å². The van der Waals surface area contributed by atoms with Crippen LogP contribution >= 0.6 is 11.3 Å². The van der Waals surface area contributed by atoms with Gasteiger partial charge in [0, 0.05) is 38.8 Å². The zero-order valence-corrected chi connectivity index (χ0v) is 15.6. The lowest BCUT2D eigenvalue weighted by Crippen LogP contribution is -2.25. The summed E-state index contributed by atoms with van der Waals surface area (Å²) in [6.45, 7) is 1.20. The molecule has 2 aromatic rings. The quantitative estimate of drug-likeness (QED) is 0.612. The average Bonchev–Trinajstić information content (AvgIpc) is 3.13. The largest absolute Gasteiger partial charge is 0.497 e. The molecule has 0 fully saturated rings. The van der Waals surface area contributed by atoms with Gasteiger partial charge < -0.3 is 20.1 Å². The van der Waals surface area contributed by atoms with E-state index >= 15 is 0 Å². The maximum absolute atomic E-state index is 12.2. The van der Waals surface area contributed by atoms with E-state index in [2.05, 4.69) is 20.8 Å². The Hall–Kier alpha value is -2.52. The predicted octanol–water partition coefficient (Wildman–Crippen LogP) is 1.88. The number of hydrogen-bond acceptors (Lipinski definition) is 7. The zero-order valence-electron chi connectivity index (χ0n) is 14.8. The van der Waals surface area contributed by atoms with Crippen molar-refractivity contribution in [3.8, 4) is 5.75 Å². The second-order valence-corrected chi connectivity index (χ2v) is 6.44. The Kier molecular flexibility index (Phi) is 7.97. The number of amides is 2. The molecule has 1 aromatic heterocycles. The summed E-state index contributed by atoms with van der Waals surface area (Å²) in [5.41, 5.74) is 0.642. The third kappa shape index (κ3) is 6.41. The van der Waals surface area contributed by atoms with Gasteiger partial charge in [0.05, 0.1) is 7.11 Å². The fourth-order valence-corrected chi connectivity index (χ4v) is 2.79. The highest BCUT2D eigenvalue weighted by Gasteiger charge is 2.14. The number of nitrogens with one attached hydrogen (secondary N) is 2. The zero-order chi connectivity index (χ0) is 18.8. The van der Waals surface area contributed by atoms with Crippen LogP contribution < -0.4 is 15.4 Å². The van der Waals surface area contributed by atoms with Gasteiger partial charge in [-0.3, -0.25) is 9.59 Å². The topological polar surface area (TPSA) is 102 Å². The van der Waals surface area contributed by atoms with Gasteiger partial charge in [0.1, 0.15) is 10.8 Å². The lowest BCUT2D eigenvalue weighted by Gasteiger charge is -2.04. The number of ether oxygens (including phenoxy) is 2. The fraction of sp³-hybridized carbons (Fsp3) is 0.412. The Morgan fingerprint density at radius 1 is 1.15 bits per heavy atom. The van der Waals surface area contributed by atoms with Crippen LogP contribution in [0.15, 0.2) is 24.3 Å². The summed E-state index contributed by atoms with van der Waals surface area (Å²) in [4.78, 5) is 23.9. The van der Waals surface area contributed by atoms with Crippen LogP contribution in [0, 0.1) is 0 Å². The van der Waals surface area contributed by atoms with E-state index in [9.17, 15) is 9.59 Å². The summed E-state index contributed by atoms with van der Waals surface area (Å²) in [6.07, 6.45) is 1.53. The van der Waals surface area contributed by atoms with Gasteiger partial charge in [-0.1, -0.05) is 11.3 Å². The number of methoxy groups -OCH3 is 2. The Morgan fingerprint density at radius 2 is 1.92 bits per heavy atom. The third-order valence-electron chi connectivity index (χ3n) is 3.42. The van der Waals surface area contributed by atoms with Crippen molar-refractivity contribution in [1.82, 2.24) is 15.5 Å². The fourth-order valence-electron chi connectivity index (χ4n) is 2.06. The van der Waals surface area contributed by atoms with Crippen LogP contribution in [0.25, 0.3) is 0 Å². The van der Waals surface area contributed by atoms with Gasteiger partial charge >= 0.3 is 0 Å². The molecule has 140 valence electrons. The second kappa shape index (κ2) is 10.5. The van der Waals surface area contributed by atoms with E-state index in [0.717, 1.165) is 6.42 Å². The summed E-state index contributed by atoms with van der Waals surface area (Å²) >= 11 is 1.18. The molecule has 0 atom stereocenters. The van der Waals surface area contributed by atoms with E-state index in [1.807, 2.05) is 0 Å². The van der Waals surface area contributed by atoms with E-state index in [1.54, 1.807) is 38.5 Å². The standard InChI is InChI=1S/C17H22N4O4S/c1-24-11-3-10-18-14(22)8-9-15-20-21-17(26-15)16(23)19-12-4-6-13(25-2)7-5-12/h4-7H,3,8-11H2,1-2H3,(H,18,22)(H,19,23). The minimum absolute atomic E-state index is 0.0551. The van der Waals surface area contributed by atoms with E-state index in [4.69, 9.17) is 9.47 Å². The number of nitrogens with zero attached hydrogens (tertiary/aromatic N) is 2. The second-order valence-electron chi connectivity index (χ2n) is 5.38. The summed E-state index contributed by atoms with van der Waals surface area (Å²) in [6, 6.07) is 7.00. The Morgan fingerprint density at radius 3 is 2.62 bits per heavy atom. The summed E-state index contributed by atoms with van der Waals surface area (Å²) in [5, 5.41) is 14.3. The van der Waals surface area contributed by atoms with Crippen molar-refractivity contribution in [2.24, 2.45) is 0 Å². The Bertz CT molecular complexity index is 718. The van der Waals surface area contributed by atoms with Crippen molar-refractivity contribution in [3.63, 3.8) is 0 Å². The number of benzene rings is 1. The van der Waals surface area contributed by atoms with E-state index in [0.29, 0.717) is 42.4 Å². The van der Waals surface area contributed by atoms with Gasteiger partial charge in [-0.2, -0.15) is 0 Å². The number of rotatable bonds is 10. The maximum Gasteiger partial charge on any atom is 0.286 e. The summed E-state index contributed by atoms with van der Waals surface area (Å²) in [7, 11) is 3.20. The van der Waals surface area contributed by atoms with Crippen molar-refractivity contribution in [3.05, 3.63) is 34.3 Å². The molecule has 0 saturated carbocycles. The van der Waals surface area contributed by atoms with Gasteiger partial charge in [-0.05, 0) is 30.7 Å². The first-order valence-corrected chi connectivity index (χ1v) is 8.97. The van der Waals surface area contributed by atoms with Crippen LogP contribution in [-0.2, 0) is 16.0 Å². The molecule has 1 heterocycles. The van der Waals surface area contributed by atoms with Crippen LogP contribution in [0.2, 0.25) is 0 Å². The van der Waals surface area contributed by atoms with Gasteiger partial charge in [-0.25, -0.2) is 0 Å². The SMILES string of the molecule is COCCCNC(=O)CCc1nnc(C(=O)Nc2ccc(OC)cc2)s1. The molecular formula is C17H22N4O4S. The monoisotopic (exact) mass is 378 g/mol. The first-order chi connectivity index (χ1) is 12.6. The Labute approximate surface area is 155 Å². The van der Waals surface area contributed by atoms with Gasteiger partial charge in [0.25, 0.3) is 5.91 Å².